The highest BCUT2D eigenvalue weighted by Crippen LogP contribution is 2.33. The molecule has 0 aliphatic heterocycles. The summed E-state index contributed by atoms with van der Waals surface area (Å²) in [6.45, 7) is 1.76. The van der Waals surface area contributed by atoms with Crippen molar-refractivity contribution in [2.24, 2.45) is 11.7 Å². The number of nitrogens with two attached hydrogens (primary N) is 1. The molecular weight excluding hydrogens is 126 g/mol. The molecule has 1 saturated carbocycles. The van der Waals surface area contributed by atoms with Crippen LogP contribution in [0.2, 0.25) is 0 Å². The predicted molar refractivity (Wildman–Crippen MR) is 40.6 cm³/mol. The molecule has 0 spiro atoms. The molecule has 2 heteroatoms. The van der Waals surface area contributed by atoms with Crippen LogP contribution in [0.3, 0.4) is 0 Å². The highest BCUT2D eigenvalue weighted by Gasteiger charge is 2.22. The normalized spacial score (nSPS) is 20.6. The molecule has 0 amide bonds. The zero-order chi connectivity index (χ0) is 7.56. The van der Waals surface area contributed by atoms with Crippen LogP contribution in [-0.2, 0) is 4.79 Å². The summed E-state index contributed by atoms with van der Waals surface area (Å²) in [5.41, 5.74) is 5.39. The predicted octanol–water partition coefficient (Wildman–Crippen LogP) is 1.09. The monoisotopic (exact) mass is 141 g/mol. The summed E-state index contributed by atoms with van der Waals surface area (Å²) in [5, 5.41) is 0. The first-order valence-electron chi connectivity index (χ1n) is 3.98. The standard InChI is InChI=1S/C8H15NO/c1-6(9)8(10)5-4-7-2-3-7/h6-7H,2-5,9H2,1H3/t6-/m1/s1. The molecule has 0 heterocycles. The lowest BCUT2D eigenvalue weighted by Crippen LogP contribution is -2.26. The topological polar surface area (TPSA) is 43.1 Å². The second-order valence-corrected chi connectivity index (χ2v) is 3.24. The minimum Gasteiger partial charge on any atom is -0.322 e. The number of ketones is 1. The van der Waals surface area contributed by atoms with Crippen molar-refractivity contribution < 1.29 is 4.79 Å². The molecule has 0 aromatic rings. The van der Waals surface area contributed by atoms with Gasteiger partial charge in [0.25, 0.3) is 0 Å². The van der Waals surface area contributed by atoms with E-state index >= 15 is 0 Å². The average Bonchev–Trinajstić information content (AvgIpc) is 2.64. The third-order valence-electron chi connectivity index (χ3n) is 2.00. The van der Waals surface area contributed by atoms with Crippen molar-refractivity contribution in [1.82, 2.24) is 0 Å². The molecule has 1 fully saturated rings. The van der Waals surface area contributed by atoms with Gasteiger partial charge in [0, 0.05) is 6.42 Å². The van der Waals surface area contributed by atoms with Crippen molar-refractivity contribution in [1.29, 1.82) is 0 Å². The van der Waals surface area contributed by atoms with Crippen LogP contribution < -0.4 is 5.73 Å². The van der Waals surface area contributed by atoms with Crippen LogP contribution in [0.15, 0.2) is 0 Å². The first kappa shape index (κ1) is 7.73. The molecule has 0 saturated heterocycles. The zero-order valence-corrected chi connectivity index (χ0v) is 6.47. The van der Waals surface area contributed by atoms with Crippen molar-refractivity contribution in [2.75, 3.05) is 0 Å². The molecule has 2 N–H and O–H groups in total. The lowest BCUT2D eigenvalue weighted by Gasteiger charge is -2.01. The number of carbonyl (C=O) groups is 1. The summed E-state index contributed by atoms with van der Waals surface area (Å²) in [5.74, 6) is 1.06. The second-order valence-electron chi connectivity index (χ2n) is 3.24. The van der Waals surface area contributed by atoms with Gasteiger partial charge in [0.05, 0.1) is 6.04 Å². The Kier molecular flexibility index (Phi) is 2.44. The summed E-state index contributed by atoms with van der Waals surface area (Å²) in [4.78, 5) is 11.0. The van der Waals surface area contributed by atoms with Crippen LogP contribution >= 0.6 is 0 Å². The largest absolute Gasteiger partial charge is 0.322 e. The maximum absolute atomic E-state index is 11.0. The summed E-state index contributed by atoms with van der Waals surface area (Å²) in [6, 6.07) is -0.251. The van der Waals surface area contributed by atoms with E-state index in [1.165, 1.54) is 12.8 Å². The molecular formula is C8H15NO. The highest BCUT2D eigenvalue weighted by molar-refractivity contribution is 5.83. The van der Waals surface area contributed by atoms with Gasteiger partial charge in [-0.15, -0.1) is 0 Å². The number of Topliss-reactive ketones (excluding diaryl/α,β-unsaturated/α-hetero) is 1. The van der Waals surface area contributed by atoms with Crippen molar-refractivity contribution in [2.45, 2.75) is 38.6 Å². The summed E-state index contributed by atoms with van der Waals surface area (Å²) < 4.78 is 0. The van der Waals surface area contributed by atoms with E-state index in [0.29, 0.717) is 6.42 Å². The van der Waals surface area contributed by atoms with Gasteiger partial charge in [-0.25, -0.2) is 0 Å². The first-order chi connectivity index (χ1) is 4.70. The minimum atomic E-state index is -0.251. The van der Waals surface area contributed by atoms with Crippen LogP contribution in [-0.4, -0.2) is 11.8 Å². The van der Waals surface area contributed by atoms with E-state index in [0.717, 1.165) is 12.3 Å². The van der Waals surface area contributed by atoms with Crippen LogP contribution in [0, 0.1) is 5.92 Å². The number of rotatable bonds is 4. The van der Waals surface area contributed by atoms with Gasteiger partial charge in [-0.3, -0.25) is 4.79 Å². The van der Waals surface area contributed by atoms with E-state index in [1.807, 2.05) is 0 Å². The SMILES string of the molecule is C[C@@H](N)C(=O)CCC1CC1. The molecule has 58 valence electrons. The van der Waals surface area contributed by atoms with Crippen LogP contribution in [0.1, 0.15) is 32.6 Å². The molecule has 0 aromatic heterocycles. The molecule has 0 aromatic carbocycles. The summed E-state index contributed by atoms with van der Waals surface area (Å²) >= 11 is 0. The van der Waals surface area contributed by atoms with E-state index in [-0.39, 0.29) is 11.8 Å². The minimum absolute atomic E-state index is 0.215. The van der Waals surface area contributed by atoms with Gasteiger partial charge in [-0.05, 0) is 19.3 Å². The fourth-order valence-electron chi connectivity index (χ4n) is 0.981. The summed E-state index contributed by atoms with van der Waals surface area (Å²) in [6.07, 6.45) is 4.42. The van der Waals surface area contributed by atoms with Crippen molar-refractivity contribution in [3.63, 3.8) is 0 Å². The van der Waals surface area contributed by atoms with Gasteiger partial charge in [0.15, 0.2) is 0 Å². The van der Waals surface area contributed by atoms with E-state index in [2.05, 4.69) is 0 Å². The lowest BCUT2D eigenvalue weighted by molar-refractivity contribution is -0.120. The van der Waals surface area contributed by atoms with E-state index in [1.54, 1.807) is 6.92 Å². The van der Waals surface area contributed by atoms with Gasteiger partial charge in [0.1, 0.15) is 5.78 Å². The average molecular weight is 141 g/mol. The Morgan fingerprint density at radius 1 is 1.70 bits per heavy atom. The lowest BCUT2D eigenvalue weighted by atomic mass is 10.1. The Morgan fingerprint density at radius 2 is 2.30 bits per heavy atom. The quantitative estimate of drug-likeness (QED) is 0.637. The molecule has 1 aliphatic rings. The van der Waals surface area contributed by atoms with Gasteiger partial charge in [0.2, 0.25) is 0 Å². The van der Waals surface area contributed by atoms with Gasteiger partial charge in [-0.1, -0.05) is 12.8 Å². The fourth-order valence-corrected chi connectivity index (χ4v) is 0.981. The highest BCUT2D eigenvalue weighted by atomic mass is 16.1. The Bertz CT molecular complexity index is 127. The smallest absolute Gasteiger partial charge is 0.149 e. The second kappa shape index (κ2) is 3.15. The van der Waals surface area contributed by atoms with Crippen molar-refractivity contribution >= 4 is 5.78 Å². The van der Waals surface area contributed by atoms with Gasteiger partial charge >= 0.3 is 0 Å². The molecule has 10 heavy (non-hydrogen) atoms. The third kappa shape index (κ3) is 2.48. The van der Waals surface area contributed by atoms with Gasteiger partial charge < -0.3 is 5.73 Å². The molecule has 0 unspecified atom stereocenters. The number of hydrogen-bond acceptors (Lipinski definition) is 2. The molecule has 0 bridgehead atoms. The molecule has 2 nitrogen and oxygen atoms in total. The van der Waals surface area contributed by atoms with Crippen molar-refractivity contribution in [3.05, 3.63) is 0 Å². The first-order valence-corrected chi connectivity index (χ1v) is 3.98. The fraction of sp³-hybridized carbons (Fsp3) is 0.875. The number of hydrogen-bond donors (Lipinski definition) is 1. The Labute approximate surface area is 61.8 Å². The van der Waals surface area contributed by atoms with Crippen LogP contribution in [0.5, 0.6) is 0 Å². The molecule has 1 aliphatic carbocycles. The van der Waals surface area contributed by atoms with Crippen molar-refractivity contribution in [3.8, 4) is 0 Å². The maximum atomic E-state index is 11.0. The molecule has 1 rings (SSSR count). The van der Waals surface area contributed by atoms with Crippen LogP contribution in [0.25, 0.3) is 0 Å². The molecule has 0 radical (unpaired) electrons. The maximum Gasteiger partial charge on any atom is 0.149 e. The van der Waals surface area contributed by atoms with E-state index in [4.69, 9.17) is 5.73 Å². The zero-order valence-electron chi connectivity index (χ0n) is 6.47. The Hall–Kier alpha value is -0.370. The van der Waals surface area contributed by atoms with E-state index in [9.17, 15) is 4.79 Å². The number of carbonyl (C=O) groups excluding carboxylic acids is 1. The van der Waals surface area contributed by atoms with E-state index < -0.39 is 0 Å². The Morgan fingerprint density at radius 3 is 2.70 bits per heavy atom. The third-order valence-corrected chi connectivity index (χ3v) is 2.00. The van der Waals surface area contributed by atoms with Gasteiger partial charge in [-0.2, -0.15) is 0 Å². The summed E-state index contributed by atoms with van der Waals surface area (Å²) in [7, 11) is 0. The van der Waals surface area contributed by atoms with Crippen LogP contribution in [0.4, 0.5) is 0 Å². The molecule has 1 atom stereocenters. The Balaban J connectivity index is 2.05.